The van der Waals surface area contributed by atoms with Crippen LogP contribution in [0.4, 0.5) is 0 Å². The number of para-hydroxylation sites is 1. The number of halogens is 2. The van der Waals surface area contributed by atoms with Crippen LogP contribution in [0.2, 0.25) is 5.02 Å². The van der Waals surface area contributed by atoms with Gasteiger partial charge in [-0.1, -0.05) is 17.7 Å². The summed E-state index contributed by atoms with van der Waals surface area (Å²) in [5.74, 6) is 0.718. The van der Waals surface area contributed by atoms with Crippen LogP contribution in [0.15, 0.2) is 40.9 Å². The molecule has 0 radical (unpaired) electrons. The normalized spacial score (nSPS) is 10.6. The molecule has 0 atom stereocenters. The lowest BCUT2D eigenvalue weighted by atomic mass is 10.2. The lowest BCUT2D eigenvalue weighted by Gasteiger charge is -1.99. The third kappa shape index (κ3) is 2.12. The van der Waals surface area contributed by atoms with Crippen molar-refractivity contribution in [3.05, 3.63) is 51.5 Å². The minimum Gasteiger partial charge on any atom is -0.338 e. The van der Waals surface area contributed by atoms with Gasteiger partial charge in [0.05, 0.1) is 16.1 Å². The number of imidazole rings is 1. The molecule has 0 aliphatic rings. The average molecular weight is 333 g/mol. The first-order valence-electron chi connectivity index (χ1n) is 5.53. The van der Waals surface area contributed by atoms with Crippen molar-refractivity contribution in [3.8, 4) is 17.5 Å². The molecule has 0 fully saturated rings. The molecule has 5 heteroatoms. The van der Waals surface area contributed by atoms with Gasteiger partial charge in [-0.3, -0.25) is 0 Å². The molecule has 19 heavy (non-hydrogen) atoms. The van der Waals surface area contributed by atoms with Crippen LogP contribution in [0.3, 0.4) is 0 Å². The first kappa shape index (κ1) is 12.2. The number of nitriles is 1. The van der Waals surface area contributed by atoms with Gasteiger partial charge in [-0.25, -0.2) is 4.98 Å². The number of H-pyrrole nitrogens is 1. The first-order valence-corrected chi connectivity index (χ1v) is 6.70. The zero-order valence-corrected chi connectivity index (χ0v) is 12.0. The average Bonchev–Trinajstić information content (AvgIpc) is 2.85. The SMILES string of the molecule is N#Cc1cccc2[nH]c(-c3ccc(Cl)c(Br)c3)nc12. The van der Waals surface area contributed by atoms with Gasteiger partial charge in [-0.05, 0) is 46.3 Å². The largest absolute Gasteiger partial charge is 0.338 e. The minimum atomic E-state index is 0.563. The second kappa shape index (κ2) is 4.69. The molecule has 0 aliphatic carbocycles. The second-order valence-electron chi connectivity index (χ2n) is 4.03. The van der Waals surface area contributed by atoms with E-state index in [1.54, 1.807) is 12.1 Å². The van der Waals surface area contributed by atoms with E-state index in [1.165, 1.54) is 0 Å². The van der Waals surface area contributed by atoms with Gasteiger partial charge < -0.3 is 4.98 Å². The van der Waals surface area contributed by atoms with Crippen molar-refractivity contribution >= 4 is 38.6 Å². The van der Waals surface area contributed by atoms with Gasteiger partial charge in [-0.15, -0.1) is 0 Å². The predicted octanol–water partition coefficient (Wildman–Crippen LogP) is 4.52. The maximum Gasteiger partial charge on any atom is 0.138 e. The Morgan fingerprint density at radius 2 is 2.11 bits per heavy atom. The maximum absolute atomic E-state index is 9.07. The van der Waals surface area contributed by atoms with Crippen molar-refractivity contribution in [2.24, 2.45) is 0 Å². The van der Waals surface area contributed by atoms with Crippen molar-refractivity contribution in [2.75, 3.05) is 0 Å². The van der Waals surface area contributed by atoms with Gasteiger partial charge in [0.25, 0.3) is 0 Å². The van der Waals surface area contributed by atoms with Crippen molar-refractivity contribution in [1.82, 2.24) is 9.97 Å². The topological polar surface area (TPSA) is 52.5 Å². The Balaban J connectivity index is 2.21. The highest BCUT2D eigenvalue weighted by Gasteiger charge is 2.09. The summed E-state index contributed by atoms with van der Waals surface area (Å²) in [4.78, 5) is 7.69. The third-order valence-corrected chi connectivity index (χ3v) is 4.04. The predicted molar refractivity (Wildman–Crippen MR) is 79.0 cm³/mol. The summed E-state index contributed by atoms with van der Waals surface area (Å²) in [6.07, 6.45) is 0. The minimum absolute atomic E-state index is 0.563. The molecule has 0 amide bonds. The van der Waals surface area contributed by atoms with Gasteiger partial charge in [-0.2, -0.15) is 5.26 Å². The molecule has 3 nitrogen and oxygen atoms in total. The fourth-order valence-electron chi connectivity index (χ4n) is 1.90. The van der Waals surface area contributed by atoms with Crippen molar-refractivity contribution < 1.29 is 0 Å². The number of rotatable bonds is 1. The molecular formula is C14H7BrClN3. The zero-order valence-electron chi connectivity index (χ0n) is 9.61. The van der Waals surface area contributed by atoms with Crippen LogP contribution < -0.4 is 0 Å². The highest BCUT2D eigenvalue weighted by Crippen LogP contribution is 2.29. The van der Waals surface area contributed by atoms with Crippen molar-refractivity contribution in [1.29, 1.82) is 5.26 Å². The summed E-state index contributed by atoms with van der Waals surface area (Å²) in [6.45, 7) is 0. The molecule has 2 aromatic carbocycles. The monoisotopic (exact) mass is 331 g/mol. The van der Waals surface area contributed by atoms with E-state index >= 15 is 0 Å². The molecule has 0 saturated carbocycles. The Morgan fingerprint density at radius 1 is 1.26 bits per heavy atom. The van der Waals surface area contributed by atoms with Crippen molar-refractivity contribution in [2.45, 2.75) is 0 Å². The number of hydrogen-bond donors (Lipinski definition) is 1. The van der Waals surface area contributed by atoms with Gasteiger partial charge in [0.2, 0.25) is 0 Å². The Labute approximate surface area is 123 Å². The smallest absolute Gasteiger partial charge is 0.138 e. The van der Waals surface area contributed by atoms with E-state index in [2.05, 4.69) is 32.0 Å². The zero-order chi connectivity index (χ0) is 13.4. The van der Waals surface area contributed by atoms with Crippen LogP contribution in [0, 0.1) is 11.3 Å². The number of fused-ring (bicyclic) bond motifs is 1. The molecule has 0 bridgehead atoms. The lowest BCUT2D eigenvalue weighted by Crippen LogP contribution is -1.81. The number of nitrogens with zero attached hydrogens (tertiary/aromatic N) is 2. The number of nitrogens with one attached hydrogen (secondary N) is 1. The summed E-state index contributed by atoms with van der Waals surface area (Å²) < 4.78 is 0.813. The first-order chi connectivity index (χ1) is 9.19. The Kier molecular flexibility index (Phi) is 3.02. The quantitative estimate of drug-likeness (QED) is 0.712. The molecule has 1 aromatic heterocycles. The van der Waals surface area contributed by atoms with E-state index in [0.29, 0.717) is 16.1 Å². The van der Waals surface area contributed by atoms with E-state index < -0.39 is 0 Å². The van der Waals surface area contributed by atoms with Crippen LogP contribution >= 0.6 is 27.5 Å². The molecule has 0 spiro atoms. The maximum atomic E-state index is 9.07. The molecule has 3 rings (SSSR count). The third-order valence-electron chi connectivity index (χ3n) is 2.83. The molecule has 1 heterocycles. The summed E-state index contributed by atoms with van der Waals surface area (Å²) in [5.41, 5.74) is 3.01. The van der Waals surface area contributed by atoms with Gasteiger partial charge in [0.1, 0.15) is 17.4 Å². The fraction of sp³-hybridized carbons (Fsp3) is 0. The van der Waals surface area contributed by atoms with Crippen LogP contribution in [0.5, 0.6) is 0 Å². The second-order valence-corrected chi connectivity index (χ2v) is 5.29. The molecule has 1 N–H and O–H groups in total. The van der Waals surface area contributed by atoms with Crippen LogP contribution in [-0.4, -0.2) is 9.97 Å². The van der Waals surface area contributed by atoms with Gasteiger partial charge in [0.15, 0.2) is 0 Å². The van der Waals surface area contributed by atoms with E-state index in [1.807, 2.05) is 24.3 Å². The van der Waals surface area contributed by atoms with Gasteiger partial charge >= 0.3 is 0 Å². The lowest BCUT2D eigenvalue weighted by molar-refractivity contribution is 1.33. The Bertz CT molecular complexity index is 817. The molecule has 0 saturated heterocycles. The summed E-state index contributed by atoms with van der Waals surface area (Å²) in [7, 11) is 0. The number of benzene rings is 2. The molecular weight excluding hydrogens is 326 g/mol. The van der Waals surface area contributed by atoms with Gasteiger partial charge in [0, 0.05) is 10.0 Å². The van der Waals surface area contributed by atoms with E-state index in [0.717, 1.165) is 21.4 Å². The summed E-state index contributed by atoms with van der Waals surface area (Å²) in [6, 6.07) is 13.2. The van der Waals surface area contributed by atoms with E-state index in [-0.39, 0.29) is 0 Å². The standard InChI is InChI=1S/C14H7BrClN3/c15-10-6-8(4-5-11(10)16)14-18-12-3-1-2-9(7-17)13(12)19-14/h1-6H,(H,18,19). The number of aromatic nitrogens is 2. The highest BCUT2D eigenvalue weighted by atomic mass is 79.9. The number of hydrogen-bond acceptors (Lipinski definition) is 2. The summed E-state index contributed by atoms with van der Waals surface area (Å²) >= 11 is 9.36. The molecule has 92 valence electrons. The Hall–Kier alpha value is -1.83. The highest BCUT2D eigenvalue weighted by molar-refractivity contribution is 9.10. The molecule has 3 aromatic rings. The van der Waals surface area contributed by atoms with Crippen molar-refractivity contribution in [3.63, 3.8) is 0 Å². The summed E-state index contributed by atoms with van der Waals surface area (Å²) in [5, 5.41) is 9.72. The fourth-order valence-corrected chi connectivity index (χ4v) is 2.40. The van der Waals surface area contributed by atoms with Crippen LogP contribution in [0.1, 0.15) is 5.56 Å². The Morgan fingerprint density at radius 3 is 2.84 bits per heavy atom. The molecule has 0 aliphatic heterocycles. The number of aromatic amines is 1. The van der Waals surface area contributed by atoms with Crippen LogP contribution in [0.25, 0.3) is 22.4 Å². The van der Waals surface area contributed by atoms with E-state index in [9.17, 15) is 0 Å². The van der Waals surface area contributed by atoms with E-state index in [4.69, 9.17) is 16.9 Å². The van der Waals surface area contributed by atoms with Crippen LogP contribution in [-0.2, 0) is 0 Å². The molecule has 0 unspecified atom stereocenters.